The lowest BCUT2D eigenvalue weighted by Gasteiger charge is -2.53. The summed E-state index contributed by atoms with van der Waals surface area (Å²) in [5.74, 6) is 1.98. The summed E-state index contributed by atoms with van der Waals surface area (Å²) in [6, 6.07) is 0. The molecule has 0 aromatic rings. The first-order valence-electron chi connectivity index (χ1n) is 9.40. The van der Waals surface area contributed by atoms with Crippen molar-refractivity contribution >= 4 is 17.3 Å². The third-order valence-electron chi connectivity index (χ3n) is 6.19. The highest BCUT2D eigenvalue weighted by molar-refractivity contribution is 7.90. The summed E-state index contributed by atoms with van der Waals surface area (Å²) in [5.41, 5.74) is 0.502. The van der Waals surface area contributed by atoms with Crippen LogP contribution in [0.5, 0.6) is 0 Å². The Labute approximate surface area is 144 Å². The van der Waals surface area contributed by atoms with E-state index in [1.807, 2.05) is 0 Å². The van der Waals surface area contributed by atoms with Crippen LogP contribution in [0, 0.1) is 23.2 Å². The highest BCUT2D eigenvalue weighted by Gasteiger charge is 2.51. The molecular formula is C19H31NO2S. The zero-order chi connectivity index (χ0) is 16.3. The molecule has 4 heteroatoms. The molecular weight excluding hydrogens is 306 g/mol. The summed E-state index contributed by atoms with van der Waals surface area (Å²) >= 11 is -1.22. The maximum atomic E-state index is 12.1. The van der Waals surface area contributed by atoms with Crippen molar-refractivity contribution in [3.63, 3.8) is 0 Å². The summed E-state index contributed by atoms with van der Waals surface area (Å²) in [6.07, 6.45) is 16.8. The summed E-state index contributed by atoms with van der Waals surface area (Å²) in [7, 11) is 0. The minimum absolute atomic E-state index is 0.0218. The van der Waals surface area contributed by atoms with E-state index in [4.69, 9.17) is 0 Å². The minimum Gasteiger partial charge on any atom is -0.593 e. The molecule has 2 atom stereocenters. The van der Waals surface area contributed by atoms with Gasteiger partial charge in [-0.05, 0) is 49.9 Å². The Morgan fingerprint density at radius 2 is 2.04 bits per heavy atom. The van der Waals surface area contributed by atoms with Crippen LogP contribution in [-0.2, 0) is 16.2 Å². The van der Waals surface area contributed by atoms with E-state index in [1.54, 1.807) is 0 Å². The van der Waals surface area contributed by atoms with Gasteiger partial charge in [0.25, 0.3) is 5.91 Å². The molecule has 1 unspecified atom stereocenters. The third-order valence-corrected chi connectivity index (χ3v) is 7.49. The molecule has 1 spiro atoms. The number of carbonyl (C=O) groups is 1. The van der Waals surface area contributed by atoms with Crippen molar-refractivity contribution in [2.24, 2.45) is 23.2 Å². The van der Waals surface area contributed by atoms with Gasteiger partial charge in [-0.2, -0.15) is 4.72 Å². The number of hydrogen-bond acceptors (Lipinski definition) is 2. The van der Waals surface area contributed by atoms with Crippen molar-refractivity contribution in [1.82, 2.24) is 4.72 Å². The molecule has 3 aliphatic rings. The Hall–Kier alpha value is -0.480. The van der Waals surface area contributed by atoms with Crippen LogP contribution in [0.1, 0.15) is 71.1 Å². The molecule has 3 saturated carbocycles. The largest absolute Gasteiger partial charge is 0.593 e. The molecule has 0 saturated heterocycles. The van der Waals surface area contributed by atoms with Crippen molar-refractivity contribution in [2.45, 2.75) is 71.1 Å². The zero-order valence-corrected chi connectivity index (χ0v) is 15.2. The van der Waals surface area contributed by atoms with E-state index in [-0.39, 0.29) is 11.8 Å². The number of nitrogens with one attached hydrogen (secondary N) is 1. The Balaban J connectivity index is 1.27. The summed E-state index contributed by atoms with van der Waals surface area (Å²) in [4.78, 5) is 12.1. The van der Waals surface area contributed by atoms with Crippen LogP contribution in [0.25, 0.3) is 0 Å². The predicted molar refractivity (Wildman–Crippen MR) is 95.0 cm³/mol. The molecule has 0 radical (unpaired) electrons. The van der Waals surface area contributed by atoms with Gasteiger partial charge in [-0.15, -0.1) is 0 Å². The maximum Gasteiger partial charge on any atom is 0.264 e. The summed E-state index contributed by atoms with van der Waals surface area (Å²) in [5, 5.41) is 0. The average Bonchev–Trinajstić information content (AvgIpc) is 2.32. The van der Waals surface area contributed by atoms with Gasteiger partial charge in [0.2, 0.25) is 0 Å². The van der Waals surface area contributed by atoms with Crippen LogP contribution in [0.2, 0.25) is 0 Å². The smallest absolute Gasteiger partial charge is 0.264 e. The minimum atomic E-state index is -1.22. The number of allylic oxidation sites excluding steroid dienone is 2. The van der Waals surface area contributed by atoms with Crippen molar-refractivity contribution in [3.05, 3.63) is 12.2 Å². The second kappa shape index (κ2) is 7.60. The summed E-state index contributed by atoms with van der Waals surface area (Å²) in [6.45, 7) is 2.12. The first-order valence-corrected chi connectivity index (χ1v) is 10.7. The Morgan fingerprint density at radius 3 is 2.61 bits per heavy atom. The van der Waals surface area contributed by atoms with Gasteiger partial charge in [-0.25, -0.2) is 0 Å². The highest BCUT2D eigenvalue weighted by atomic mass is 32.2. The molecule has 0 aromatic heterocycles. The lowest BCUT2D eigenvalue weighted by Crippen LogP contribution is -2.50. The van der Waals surface area contributed by atoms with Gasteiger partial charge in [0.1, 0.15) is 5.75 Å². The quantitative estimate of drug-likeness (QED) is 0.535. The average molecular weight is 338 g/mol. The highest BCUT2D eigenvalue weighted by Crippen LogP contribution is 2.58. The van der Waals surface area contributed by atoms with E-state index in [0.29, 0.717) is 17.1 Å². The molecule has 3 nitrogen and oxygen atoms in total. The van der Waals surface area contributed by atoms with E-state index >= 15 is 0 Å². The maximum absolute atomic E-state index is 12.1. The lowest BCUT2D eigenvalue weighted by molar-refractivity contribution is -0.134. The van der Waals surface area contributed by atoms with Crippen LogP contribution in [0.3, 0.4) is 0 Å². The van der Waals surface area contributed by atoms with Gasteiger partial charge >= 0.3 is 0 Å². The van der Waals surface area contributed by atoms with Gasteiger partial charge in [-0.1, -0.05) is 44.8 Å². The topological polar surface area (TPSA) is 52.2 Å². The van der Waals surface area contributed by atoms with Crippen LogP contribution in [0.15, 0.2) is 12.2 Å². The molecule has 0 aromatic carbocycles. The molecule has 1 amide bonds. The number of amides is 1. The first kappa shape index (κ1) is 17.3. The van der Waals surface area contributed by atoms with Crippen molar-refractivity contribution in [2.75, 3.05) is 5.75 Å². The second-order valence-corrected chi connectivity index (χ2v) is 9.51. The summed E-state index contributed by atoms with van der Waals surface area (Å²) < 4.78 is 14.8. The number of rotatable bonds is 8. The first-order chi connectivity index (χ1) is 11.1. The third kappa shape index (κ3) is 4.54. The van der Waals surface area contributed by atoms with Crippen LogP contribution < -0.4 is 4.72 Å². The van der Waals surface area contributed by atoms with E-state index in [2.05, 4.69) is 23.8 Å². The Bertz CT molecular complexity index is 435. The van der Waals surface area contributed by atoms with Gasteiger partial charge in [-0.3, -0.25) is 4.79 Å². The number of carbonyl (C=O) groups excluding carboxylic acids is 1. The second-order valence-electron chi connectivity index (χ2n) is 8.28. The van der Waals surface area contributed by atoms with Gasteiger partial charge in [0.15, 0.2) is 0 Å². The van der Waals surface area contributed by atoms with E-state index in [1.165, 1.54) is 44.9 Å². The fourth-order valence-corrected chi connectivity index (χ4v) is 5.29. The van der Waals surface area contributed by atoms with E-state index in [0.717, 1.165) is 25.2 Å². The van der Waals surface area contributed by atoms with E-state index in [9.17, 15) is 9.35 Å². The van der Waals surface area contributed by atoms with E-state index < -0.39 is 11.4 Å². The molecule has 1 N–H and O–H groups in total. The molecule has 3 rings (SSSR count). The predicted octanol–water partition coefficient (Wildman–Crippen LogP) is 4.12. The van der Waals surface area contributed by atoms with Crippen molar-refractivity contribution in [3.8, 4) is 0 Å². The van der Waals surface area contributed by atoms with Crippen LogP contribution in [-0.4, -0.2) is 16.2 Å². The molecule has 3 aliphatic carbocycles. The molecule has 0 aliphatic heterocycles. The van der Waals surface area contributed by atoms with Crippen LogP contribution >= 0.6 is 0 Å². The van der Waals surface area contributed by atoms with Crippen molar-refractivity contribution < 1.29 is 9.35 Å². The lowest BCUT2D eigenvalue weighted by atomic mass is 9.52. The Kier molecular flexibility index (Phi) is 5.74. The molecule has 0 heterocycles. The normalized spacial score (nSPS) is 26.3. The molecule has 3 fully saturated rings. The fraction of sp³-hybridized carbons (Fsp3) is 0.842. The molecule has 23 heavy (non-hydrogen) atoms. The van der Waals surface area contributed by atoms with Gasteiger partial charge < -0.3 is 4.55 Å². The molecule has 130 valence electrons. The SMILES string of the molecule is C[C@@H](C/C=C/CC1CCC1)C[S+]([O-])NC(=O)C1CC2(CCC2)C1. The van der Waals surface area contributed by atoms with Crippen molar-refractivity contribution in [1.29, 1.82) is 0 Å². The zero-order valence-electron chi connectivity index (χ0n) is 14.4. The Morgan fingerprint density at radius 1 is 1.30 bits per heavy atom. The fourth-order valence-electron chi connectivity index (χ4n) is 4.17. The standard InChI is InChI=1S/C19H31NO2S/c1-15(6-2-3-7-16-8-4-9-16)14-23(22)20-18(21)17-12-19(13-17)10-5-11-19/h2-3,15-17H,4-14H2,1H3,(H,20,21)/b3-2+/t15-,23?/m0/s1. The van der Waals surface area contributed by atoms with Gasteiger partial charge in [0.05, 0.1) is 11.4 Å². The van der Waals surface area contributed by atoms with Gasteiger partial charge in [0, 0.05) is 11.8 Å². The number of hydrogen-bond donors (Lipinski definition) is 1. The monoisotopic (exact) mass is 337 g/mol. The van der Waals surface area contributed by atoms with Crippen LogP contribution in [0.4, 0.5) is 0 Å². The molecule has 0 bridgehead atoms.